The average Bonchev–Trinajstić information content (AvgIpc) is 2.93. The third-order valence-electron chi connectivity index (χ3n) is 3.98. The minimum atomic E-state index is -3.19. The molecule has 1 fully saturated rings. The molecule has 6 nitrogen and oxygen atoms in total. The number of hydrogen-bond donors (Lipinski definition) is 2. The number of rotatable bonds is 5. The zero-order valence-corrected chi connectivity index (χ0v) is 13.9. The quantitative estimate of drug-likeness (QED) is 0.865. The number of benzene rings is 2. The van der Waals surface area contributed by atoms with Crippen LogP contribution in [-0.4, -0.2) is 26.6 Å². The van der Waals surface area contributed by atoms with Crippen molar-refractivity contribution in [2.24, 2.45) is 5.73 Å². The molecule has 0 aromatic heterocycles. The fraction of sp³-hybridized carbons (Fsp3) is 0.235. The molecule has 0 radical (unpaired) electrons. The van der Waals surface area contributed by atoms with Crippen LogP contribution in [0, 0.1) is 0 Å². The highest BCUT2D eigenvalue weighted by atomic mass is 32.2. The molecule has 0 unspecified atom stereocenters. The predicted octanol–water partition coefficient (Wildman–Crippen LogP) is 1.86. The van der Waals surface area contributed by atoms with E-state index in [2.05, 4.69) is 5.32 Å². The molecule has 1 saturated heterocycles. The molecular formula is C17H19N3O3S. The fourth-order valence-electron chi connectivity index (χ4n) is 2.78. The Hall–Kier alpha value is -2.54. The van der Waals surface area contributed by atoms with E-state index in [0.717, 1.165) is 5.56 Å². The van der Waals surface area contributed by atoms with Gasteiger partial charge in [0.2, 0.25) is 15.9 Å². The Kier molecular flexibility index (Phi) is 4.44. The minimum absolute atomic E-state index is 0.185. The van der Waals surface area contributed by atoms with Gasteiger partial charge in [-0.1, -0.05) is 30.3 Å². The second kappa shape index (κ2) is 6.52. The highest BCUT2D eigenvalue weighted by Crippen LogP contribution is 2.26. The summed E-state index contributed by atoms with van der Waals surface area (Å²) in [7, 11) is -3.19. The van der Waals surface area contributed by atoms with Crippen LogP contribution >= 0.6 is 0 Å². The summed E-state index contributed by atoms with van der Waals surface area (Å²) < 4.78 is 25.3. The zero-order valence-electron chi connectivity index (χ0n) is 13.1. The van der Waals surface area contributed by atoms with E-state index < -0.39 is 22.0 Å². The van der Waals surface area contributed by atoms with Gasteiger partial charge in [0.15, 0.2) is 0 Å². The van der Waals surface area contributed by atoms with Crippen LogP contribution in [0.4, 0.5) is 11.4 Å². The first kappa shape index (κ1) is 16.3. The average molecular weight is 345 g/mol. The smallest absolute Gasteiger partial charge is 0.244 e. The molecule has 2 aromatic rings. The van der Waals surface area contributed by atoms with E-state index in [1.54, 1.807) is 24.3 Å². The summed E-state index contributed by atoms with van der Waals surface area (Å²) in [4.78, 5) is 11.7. The number of anilines is 2. The molecule has 3 rings (SSSR count). The molecular weight excluding hydrogens is 326 g/mol. The van der Waals surface area contributed by atoms with Crippen LogP contribution in [0.2, 0.25) is 0 Å². The number of carbonyl (C=O) groups excluding carboxylic acids is 1. The van der Waals surface area contributed by atoms with Gasteiger partial charge in [0.05, 0.1) is 11.4 Å². The van der Waals surface area contributed by atoms with Gasteiger partial charge in [-0.25, -0.2) is 8.42 Å². The normalized spacial score (nSPS) is 17.4. The first-order valence-electron chi connectivity index (χ1n) is 7.69. The van der Waals surface area contributed by atoms with Crippen molar-refractivity contribution >= 4 is 27.3 Å². The van der Waals surface area contributed by atoms with Crippen LogP contribution < -0.4 is 15.4 Å². The maximum Gasteiger partial charge on any atom is 0.244 e. The standard InChI is InChI=1S/C17H19N3O3S/c18-17(21)16(13-5-2-1-3-6-13)19-14-7-9-15(10-8-14)20-11-4-12-24(20,22)23/h1-3,5-10,16,19H,4,11-12H2,(H2,18,21)/t16-/m1/s1. The van der Waals surface area contributed by atoms with Crippen molar-refractivity contribution in [3.8, 4) is 0 Å². The van der Waals surface area contributed by atoms with E-state index in [0.29, 0.717) is 24.3 Å². The zero-order chi connectivity index (χ0) is 17.2. The SMILES string of the molecule is NC(=O)[C@H](Nc1ccc(N2CCCS2(=O)=O)cc1)c1ccccc1. The Labute approximate surface area is 141 Å². The monoisotopic (exact) mass is 345 g/mol. The first-order valence-corrected chi connectivity index (χ1v) is 9.29. The lowest BCUT2D eigenvalue weighted by Crippen LogP contribution is -2.28. The predicted molar refractivity (Wildman–Crippen MR) is 94.2 cm³/mol. The van der Waals surface area contributed by atoms with Crippen LogP contribution in [0.3, 0.4) is 0 Å². The minimum Gasteiger partial charge on any atom is -0.370 e. The van der Waals surface area contributed by atoms with Gasteiger partial charge in [-0.3, -0.25) is 9.10 Å². The fourth-order valence-corrected chi connectivity index (χ4v) is 4.35. The Morgan fingerprint density at radius 1 is 1.08 bits per heavy atom. The van der Waals surface area contributed by atoms with Gasteiger partial charge in [-0.2, -0.15) is 0 Å². The van der Waals surface area contributed by atoms with E-state index in [4.69, 9.17) is 5.73 Å². The molecule has 0 bridgehead atoms. The van der Waals surface area contributed by atoms with E-state index in [9.17, 15) is 13.2 Å². The van der Waals surface area contributed by atoms with Crippen molar-refractivity contribution in [1.29, 1.82) is 0 Å². The molecule has 7 heteroatoms. The van der Waals surface area contributed by atoms with Gasteiger partial charge in [0, 0.05) is 12.2 Å². The topological polar surface area (TPSA) is 92.5 Å². The Bertz CT molecular complexity index is 820. The lowest BCUT2D eigenvalue weighted by atomic mass is 10.1. The van der Waals surface area contributed by atoms with Crippen LogP contribution in [-0.2, 0) is 14.8 Å². The lowest BCUT2D eigenvalue weighted by Gasteiger charge is -2.19. The summed E-state index contributed by atoms with van der Waals surface area (Å²) >= 11 is 0. The summed E-state index contributed by atoms with van der Waals surface area (Å²) in [5.74, 6) is -0.294. The number of nitrogens with two attached hydrogens (primary N) is 1. The molecule has 1 heterocycles. The number of sulfonamides is 1. The van der Waals surface area contributed by atoms with Crippen molar-refractivity contribution in [2.45, 2.75) is 12.5 Å². The van der Waals surface area contributed by atoms with Crippen LogP contribution in [0.5, 0.6) is 0 Å². The summed E-state index contributed by atoms with van der Waals surface area (Å²) in [6.45, 7) is 0.503. The molecule has 0 spiro atoms. The largest absolute Gasteiger partial charge is 0.370 e. The number of amides is 1. The maximum absolute atomic E-state index is 11.9. The second-order valence-electron chi connectivity index (χ2n) is 5.68. The summed E-state index contributed by atoms with van der Waals surface area (Å²) in [6, 6.07) is 15.5. The second-order valence-corrected chi connectivity index (χ2v) is 7.69. The highest BCUT2D eigenvalue weighted by Gasteiger charge is 2.28. The van der Waals surface area contributed by atoms with Crippen LogP contribution in [0.25, 0.3) is 0 Å². The highest BCUT2D eigenvalue weighted by molar-refractivity contribution is 7.93. The molecule has 1 amide bonds. The number of hydrogen-bond acceptors (Lipinski definition) is 4. The lowest BCUT2D eigenvalue weighted by molar-refractivity contribution is -0.118. The Morgan fingerprint density at radius 2 is 1.75 bits per heavy atom. The van der Waals surface area contributed by atoms with Crippen molar-refractivity contribution in [1.82, 2.24) is 0 Å². The third kappa shape index (κ3) is 3.35. The van der Waals surface area contributed by atoms with E-state index in [1.165, 1.54) is 4.31 Å². The Morgan fingerprint density at radius 3 is 2.29 bits per heavy atom. The summed E-state index contributed by atoms with van der Waals surface area (Å²) in [6.07, 6.45) is 0.639. The van der Waals surface area contributed by atoms with Crippen molar-refractivity contribution in [3.63, 3.8) is 0 Å². The molecule has 0 aliphatic carbocycles. The summed E-state index contributed by atoms with van der Waals surface area (Å²) in [5, 5.41) is 3.09. The number of nitrogens with zero attached hydrogens (tertiary/aromatic N) is 1. The summed E-state index contributed by atoms with van der Waals surface area (Å²) in [5.41, 5.74) is 7.60. The number of carbonyl (C=O) groups is 1. The Balaban J connectivity index is 1.79. The molecule has 126 valence electrons. The van der Waals surface area contributed by atoms with E-state index in [-0.39, 0.29) is 5.75 Å². The molecule has 1 atom stereocenters. The van der Waals surface area contributed by atoms with Crippen LogP contribution in [0.1, 0.15) is 18.0 Å². The van der Waals surface area contributed by atoms with Gasteiger partial charge >= 0.3 is 0 Å². The molecule has 1 aliphatic rings. The molecule has 3 N–H and O–H groups in total. The third-order valence-corrected chi connectivity index (χ3v) is 5.85. The van der Waals surface area contributed by atoms with Crippen molar-refractivity contribution in [2.75, 3.05) is 21.9 Å². The van der Waals surface area contributed by atoms with Crippen molar-refractivity contribution in [3.05, 3.63) is 60.2 Å². The van der Waals surface area contributed by atoms with Gasteiger partial charge in [-0.15, -0.1) is 0 Å². The number of nitrogens with one attached hydrogen (secondary N) is 1. The number of primary amides is 1. The van der Waals surface area contributed by atoms with Gasteiger partial charge in [-0.05, 0) is 36.2 Å². The van der Waals surface area contributed by atoms with Crippen LogP contribution in [0.15, 0.2) is 54.6 Å². The van der Waals surface area contributed by atoms with E-state index in [1.807, 2.05) is 30.3 Å². The maximum atomic E-state index is 11.9. The van der Waals surface area contributed by atoms with Gasteiger partial charge in [0.1, 0.15) is 6.04 Å². The van der Waals surface area contributed by atoms with Gasteiger partial charge in [0.25, 0.3) is 0 Å². The first-order chi connectivity index (χ1) is 11.5. The van der Waals surface area contributed by atoms with Crippen molar-refractivity contribution < 1.29 is 13.2 Å². The molecule has 2 aromatic carbocycles. The van der Waals surface area contributed by atoms with Gasteiger partial charge < -0.3 is 11.1 Å². The van der Waals surface area contributed by atoms with E-state index >= 15 is 0 Å². The molecule has 0 saturated carbocycles. The molecule has 1 aliphatic heterocycles. The molecule has 24 heavy (non-hydrogen) atoms.